The number of amides is 1. The van der Waals surface area contributed by atoms with E-state index in [1.807, 2.05) is 11.0 Å². The highest BCUT2D eigenvalue weighted by atomic mass is 16.4. The van der Waals surface area contributed by atoms with Crippen LogP contribution in [0.15, 0.2) is 27.4 Å². The Labute approximate surface area is 154 Å². The topological polar surface area (TPSA) is 53.8 Å². The molecule has 5 nitrogen and oxygen atoms in total. The molecule has 1 aromatic carbocycles. The first-order valence-electron chi connectivity index (χ1n) is 9.40. The van der Waals surface area contributed by atoms with Crippen LogP contribution in [0, 0.1) is 6.92 Å². The van der Waals surface area contributed by atoms with Gasteiger partial charge in [-0.1, -0.05) is 13.8 Å². The average Bonchev–Trinajstić information content (AvgIpc) is 2.79. The highest BCUT2D eigenvalue weighted by Crippen LogP contribution is 2.27. The molecular weight excluding hydrogens is 328 g/mol. The lowest BCUT2D eigenvalue weighted by atomic mass is 9.95. The third-order valence-corrected chi connectivity index (χ3v) is 5.27. The van der Waals surface area contributed by atoms with Crippen molar-refractivity contribution in [3.05, 3.63) is 45.3 Å². The largest absolute Gasteiger partial charge is 0.423 e. The van der Waals surface area contributed by atoms with Crippen LogP contribution in [0.25, 0.3) is 11.0 Å². The normalized spacial score (nSPS) is 16.3. The van der Waals surface area contributed by atoms with Gasteiger partial charge < -0.3 is 9.32 Å². The van der Waals surface area contributed by atoms with Gasteiger partial charge in [0.2, 0.25) is 5.91 Å². The Hall–Kier alpha value is -2.14. The van der Waals surface area contributed by atoms with Crippen molar-refractivity contribution in [2.45, 2.75) is 46.6 Å². The van der Waals surface area contributed by atoms with Crippen LogP contribution in [0.3, 0.4) is 0 Å². The SMILES string of the molecule is CC(=O)N1CCCN(Cc2cc(=O)oc3cc(C)c(C(C)C)cc23)CC1. The molecule has 0 saturated carbocycles. The van der Waals surface area contributed by atoms with Crippen LogP contribution in [0.4, 0.5) is 0 Å². The van der Waals surface area contributed by atoms with Crippen LogP contribution in [0.5, 0.6) is 0 Å². The molecule has 1 fully saturated rings. The molecular formula is C21H28N2O3. The maximum absolute atomic E-state index is 12.0. The molecule has 0 radical (unpaired) electrons. The minimum Gasteiger partial charge on any atom is -0.423 e. The molecule has 0 spiro atoms. The van der Waals surface area contributed by atoms with Gasteiger partial charge in [-0.15, -0.1) is 0 Å². The Morgan fingerprint density at radius 1 is 1.15 bits per heavy atom. The van der Waals surface area contributed by atoms with Crippen LogP contribution in [-0.2, 0) is 11.3 Å². The molecule has 26 heavy (non-hydrogen) atoms. The number of hydrogen-bond donors (Lipinski definition) is 0. The summed E-state index contributed by atoms with van der Waals surface area (Å²) in [6, 6.07) is 5.78. The van der Waals surface area contributed by atoms with Crippen LogP contribution in [-0.4, -0.2) is 41.9 Å². The van der Waals surface area contributed by atoms with Crippen molar-refractivity contribution in [3.63, 3.8) is 0 Å². The summed E-state index contributed by atoms with van der Waals surface area (Å²) in [6.07, 6.45) is 0.954. The second-order valence-electron chi connectivity index (χ2n) is 7.59. The minimum atomic E-state index is -0.301. The molecule has 5 heteroatoms. The number of benzene rings is 1. The fraction of sp³-hybridized carbons (Fsp3) is 0.524. The predicted octanol–water partition coefficient (Wildman–Crippen LogP) is 3.28. The third kappa shape index (κ3) is 3.98. The highest BCUT2D eigenvalue weighted by molar-refractivity contribution is 5.82. The number of rotatable bonds is 3. The van der Waals surface area contributed by atoms with Gasteiger partial charge in [-0.25, -0.2) is 4.79 Å². The van der Waals surface area contributed by atoms with Gasteiger partial charge in [0.15, 0.2) is 0 Å². The molecule has 2 heterocycles. The molecule has 1 aromatic heterocycles. The Morgan fingerprint density at radius 3 is 2.62 bits per heavy atom. The molecule has 0 unspecified atom stereocenters. The summed E-state index contributed by atoms with van der Waals surface area (Å²) in [5, 5.41) is 1.02. The number of fused-ring (bicyclic) bond motifs is 1. The van der Waals surface area contributed by atoms with Crippen molar-refractivity contribution in [3.8, 4) is 0 Å². The van der Waals surface area contributed by atoms with Crippen molar-refractivity contribution < 1.29 is 9.21 Å². The van der Waals surface area contributed by atoms with Crippen LogP contribution < -0.4 is 5.63 Å². The van der Waals surface area contributed by atoms with Crippen LogP contribution >= 0.6 is 0 Å². The molecule has 0 bridgehead atoms. The van der Waals surface area contributed by atoms with Gasteiger partial charge >= 0.3 is 5.63 Å². The Bertz CT molecular complexity index is 869. The molecule has 1 aliphatic heterocycles. The lowest BCUT2D eigenvalue weighted by molar-refractivity contribution is -0.128. The average molecular weight is 356 g/mol. The Balaban J connectivity index is 1.93. The highest BCUT2D eigenvalue weighted by Gasteiger charge is 2.18. The zero-order valence-corrected chi connectivity index (χ0v) is 16.2. The smallest absolute Gasteiger partial charge is 0.336 e. The molecule has 0 N–H and O–H groups in total. The van der Waals surface area contributed by atoms with Crippen molar-refractivity contribution >= 4 is 16.9 Å². The van der Waals surface area contributed by atoms with Crippen LogP contribution in [0.1, 0.15) is 49.8 Å². The van der Waals surface area contributed by atoms with E-state index < -0.39 is 0 Å². The lowest BCUT2D eigenvalue weighted by Gasteiger charge is -2.22. The molecule has 1 amide bonds. The van der Waals surface area contributed by atoms with E-state index in [0.717, 1.165) is 49.1 Å². The molecule has 2 aromatic rings. The monoisotopic (exact) mass is 356 g/mol. The number of carbonyl (C=O) groups excluding carboxylic acids is 1. The number of carbonyl (C=O) groups is 1. The molecule has 0 aliphatic carbocycles. The van der Waals surface area contributed by atoms with E-state index in [4.69, 9.17) is 4.42 Å². The summed E-state index contributed by atoms with van der Waals surface area (Å²) < 4.78 is 5.45. The van der Waals surface area contributed by atoms with Gasteiger partial charge in [-0.2, -0.15) is 0 Å². The minimum absolute atomic E-state index is 0.134. The fourth-order valence-electron chi connectivity index (χ4n) is 3.83. The summed E-state index contributed by atoms with van der Waals surface area (Å²) in [6.45, 7) is 12.0. The van der Waals surface area contributed by atoms with Gasteiger partial charge in [0.25, 0.3) is 0 Å². The van der Waals surface area contributed by atoms with Gasteiger partial charge in [-0.3, -0.25) is 9.69 Å². The predicted molar refractivity (Wildman–Crippen MR) is 103 cm³/mol. The Morgan fingerprint density at radius 2 is 1.92 bits per heavy atom. The second kappa shape index (κ2) is 7.62. The zero-order valence-electron chi connectivity index (χ0n) is 16.2. The summed E-state index contributed by atoms with van der Waals surface area (Å²) in [5.41, 5.74) is 3.80. The standard InChI is InChI=1S/C21H28N2O3/c1-14(2)18-12-19-17(11-21(25)26-20(19)10-15(18)3)13-22-6-5-7-23(9-8-22)16(4)24/h10-12,14H,5-9,13H2,1-4H3. The summed E-state index contributed by atoms with van der Waals surface area (Å²) >= 11 is 0. The van der Waals surface area contributed by atoms with Gasteiger partial charge in [0.05, 0.1) is 0 Å². The van der Waals surface area contributed by atoms with E-state index in [-0.39, 0.29) is 11.5 Å². The van der Waals surface area contributed by atoms with E-state index in [1.165, 1.54) is 5.56 Å². The summed E-state index contributed by atoms with van der Waals surface area (Å²) in [4.78, 5) is 27.9. The lowest BCUT2D eigenvalue weighted by Crippen LogP contribution is -2.33. The molecule has 3 rings (SSSR count). The summed E-state index contributed by atoms with van der Waals surface area (Å²) in [7, 11) is 0. The van der Waals surface area contributed by atoms with Crippen molar-refractivity contribution in [2.75, 3.05) is 26.2 Å². The maximum atomic E-state index is 12.0. The molecule has 140 valence electrons. The number of hydrogen-bond acceptors (Lipinski definition) is 4. The number of aryl methyl sites for hydroxylation is 1. The zero-order chi connectivity index (χ0) is 18.8. The van der Waals surface area contributed by atoms with Gasteiger partial charge in [0.1, 0.15) is 5.58 Å². The first kappa shape index (κ1) is 18.6. The first-order chi connectivity index (χ1) is 12.3. The van der Waals surface area contributed by atoms with Gasteiger partial charge in [-0.05, 0) is 48.1 Å². The quantitative estimate of drug-likeness (QED) is 0.792. The maximum Gasteiger partial charge on any atom is 0.336 e. The molecule has 0 atom stereocenters. The van der Waals surface area contributed by atoms with E-state index >= 15 is 0 Å². The fourth-order valence-corrected chi connectivity index (χ4v) is 3.83. The number of nitrogens with zero attached hydrogens (tertiary/aromatic N) is 2. The first-order valence-corrected chi connectivity index (χ1v) is 9.40. The summed E-state index contributed by atoms with van der Waals surface area (Å²) in [5.74, 6) is 0.552. The van der Waals surface area contributed by atoms with Gasteiger partial charge in [0, 0.05) is 51.1 Å². The van der Waals surface area contributed by atoms with E-state index in [1.54, 1.807) is 13.0 Å². The third-order valence-electron chi connectivity index (χ3n) is 5.27. The van der Waals surface area contributed by atoms with E-state index in [9.17, 15) is 9.59 Å². The molecule has 1 aliphatic rings. The van der Waals surface area contributed by atoms with Crippen molar-refractivity contribution in [2.24, 2.45) is 0 Å². The van der Waals surface area contributed by atoms with Crippen molar-refractivity contribution in [1.82, 2.24) is 9.80 Å². The molecule has 1 saturated heterocycles. The second-order valence-corrected chi connectivity index (χ2v) is 7.59. The van der Waals surface area contributed by atoms with E-state index in [0.29, 0.717) is 18.0 Å². The van der Waals surface area contributed by atoms with E-state index in [2.05, 4.69) is 31.7 Å². The van der Waals surface area contributed by atoms with Crippen molar-refractivity contribution in [1.29, 1.82) is 0 Å². The Kier molecular flexibility index (Phi) is 5.47. The van der Waals surface area contributed by atoms with Crippen LogP contribution in [0.2, 0.25) is 0 Å².